The van der Waals surface area contributed by atoms with Gasteiger partial charge >= 0.3 is 0 Å². The molecule has 0 radical (unpaired) electrons. The number of halogens is 2. The van der Waals surface area contributed by atoms with Crippen LogP contribution in [0.1, 0.15) is 35.3 Å². The summed E-state index contributed by atoms with van der Waals surface area (Å²) in [5, 5.41) is 0. The van der Waals surface area contributed by atoms with Crippen molar-refractivity contribution in [1.29, 1.82) is 0 Å². The van der Waals surface area contributed by atoms with Gasteiger partial charge in [0.25, 0.3) is 0 Å². The summed E-state index contributed by atoms with van der Waals surface area (Å²) >= 11 is 3.43. The van der Waals surface area contributed by atoms with Gasteiger partial charge in [-0.15, -0.1) is 0 Å². The van der Waals surface area contributed by atoms with Crippen molar-refractivity contribution in [3.8, 4) is 5.75 Å². The number of ether oxygens (including phenoxy) is 1. The Balaban J connectivity index is 1.99. The zero-order valence-electron chi connectivity index (χ0n) is 11.1. The average Bonchev–Trinajstić information content (AvgIpc) is 2.42. The summed E-state index contributed by atoms with van der Waals surface area (Å²) in [5.74, 6) is 0.492. The Hall–Kier alpha value is -1.39. The minimum atomic E-state index is -0.335. The first-order valence-corrected chi connectivity index (χ1v) is 7.31. The quantitative estimate of drug-likeness (QED) is 0.837. The molecule has 0 saturated carbocycles. The third kappa shape index (κ3) is 2.45. The number of aryl methyl sites for hydroxylation is 1. The SMILES string of the molecule is Cc1ccc(F)c(C2CC(N)c3cc(Br)ccc3O2)c1. The van der Waals surface area contributed by atoms with Crippen molar-refractivity contribution in [3.05, 3.63) is 63.4 Å². The number of nitrogens with two attached hydrogens (primary N) is 1. The first kappa shape index (κ1) is 13.6. The van der Waals surface area contributed by atoms with Gasteiger partial charge in [0, 0.05) is 28.1 Å². The second-order valence-corrected chi connectivity index (χ2v) is 6.07. The predicted molar refractivity (Wildman–Crippen MR) is 80.2 cm³/mol. The van der Waals surface area contributed by atoms with E-state index in [9.17, 15) is 4.39 Å². The number of hydrogen-bond donors (Lipinski definition) is 1. The lowest BCUT2D eigenvalue weighted by atomic mass is 9.93. The molecule has 2 nitrogen and oxygen atoms in total. The van der Waals surface area contributed by atoms with E-state index in [1.54, 1.807) is 6.07 Å². The van der Waals surface area contributed by atoms with Gasteiger partial charge in [0.1, 0.15) is 17.7 Å². The fourth-order valence-corrected chi connectivity index (χ4v) is 2.95. The molecular formula is C16H15BrFNO. The van der Waals surface area contributed by atoms with E-state index in [4.69, 9.17) is 10.5 Å². The van der Waals surface area contributed by atoms with Gasteiger partial charge in [-0.25, -0.2) is 4.39 Å². The molecule has 1 aliphatic rings. The van der Waals surface area contributed by atoms with Crippen LogP contribution in [-0.4, -0.2) is 0 Å². The monoisotopic (exact) mass is 335 g/mol. The lowest BCUT2D eigenvalue weighted by molar-refractivity contribution is 0.157. The first-order valence-electron chi connectivity index (χ1n) is 6.52. The maximum absolute atomic E-state index is 14.0. The van der Waals surface area contributed by atoms with E-state index in [-0.39, 0.29) is 18.0 Å². The third-order valence-electron chi connectivity index (χ3n) is 3.61. The molecule has 0 spiro atoms. The summed E-state index contributed by atoms with van der Waals surface area (Å²) in [7, 11) is 0. The lowest BCUT2D eigenvalue weighted by Crippen LogP contribution is -2.24. The van der Waals surface area contributed by atoms with Gasteiger partial charge in [0.2, 0.25) is 0 Å². The maximum Gasteiger partial charge on any atom is 0.130 e. The van der Waals surface area contributed by atoms with Crippen LogP contribution in [0.15, 0.2) is 40.9 Å². The highest BCUT2D eigenvalue weighted by Crippen LogP contribution is 2.41. The molecule has 0 saturated heterocycles. The summed E-state index contributed by atoms with van der Waals surface area (Å²) in [6.07, 6.45) is 0.239. The fourth-order valence-electron chi connectivity index (χ4n) is 2.58. The van der Waals surface area contributed by atoms with E-state index in [1.807, 2.05) is 31.2 Å². The Bertz CT molecular complexity index is 659. The van der Waals surface area contributed by atoms with Crippen LogP contribution in [0.2, 0.25) is 0 Å². The van der Waals surface area contributed by atoms with Crippen molar-refractivity contribution in [2.24, 2.45) is 5.73 Å². The van der Waals surface area contributed by atoms with Crippen molar-refractivity contribution in [2.45, 2.75) is 25.5 Å². The van der Waals surface area contributed by atoms with Crippen molar-refractivity contribution < 1.29 is 9.13 Å². The highest BCUT2D eigenvalue weighted by atomic mass is 79.9. The zero-order valence-corrected chi connectivity index (χ0v) is 12.7. The standard InChI is InChI=1S/C16H15BrFNO/c1-9-2-4-13(18)11(6-9)16-8-14(19)12-7-10(17)3-5-15(12)20-16/h2-7,14,16H,8,19H2,1H3. The van der Waals surface area contributed by atoms with Gasteiger partial charge in [0.15, 0.2) is 0 Å². The van der Waals surface area contributed by atoms with Crippen molar-refractivity contribution in [2.75, 3.05) is 0 Å². The molecule has 2 N–H and O–H groups in total. The molecule has 2 aromatic carbocycles. The Labute approximate surface area is 125 Å². The normalized spacial score (nSPS) is 21.2. The van der Waals surface area contributed by atoms with E-state index >= 15 is 0 Å². The number of benzene rings is 2. The van der Waals surface area contributed by atoms with Crippen molar-refractivity contribution >= 4 is 15.9 Å². The molecule has 4 heteroatoms. The van der Waals surface area contributed by atoms with Crippen LogP contribution in [0.5, 0.6) is 5.75 Å². The second kappa shape index (κ2) is 5.19. The smallest absolute Gasteiger partial charge is 0.130 e. The van der Waals surface area contributed by atoms with Gasteiger partial charge in [0.05, 0.1) is 0 Å². The van der Waals surface area contributed by atoms with E-state index in [0.717, 1.165) is 21.3 Å². The molecule has 2 aromatic rings. The van der Waals surface area contributed by atoms with Crippen LogP contribution in [0, 0.1) is 12.7 Å². The Morgan fingerprint density at radius 2 is 2.00 bits per heavy atom. The Morgan fingerprint density at radius 3 is 2.80 bits per heavy atom. The number of hydrogen-bond acceptors (Lipinski definition) is 2. The molecule has 104 valence electrons. The molecule has 1 heterocycles. The average molecular weight is 336 g/mol. The van der Waals surface area contributed by atoms with E-state index < -0.39 is 0 Å². The van der Waals surface area contributed by atoms with Gasteiger partial charge in [-0.1, -0.05) is 27.6 Å². The van der Waals surface area contributed by atoms with Crippen molar-refractivity contribution in [3.63, 3.8) is 0 Å². The molecule has 3 rings (SSSR count). The zero-order chi connectivity index (χ0) is 14.3. The maximum atomic E-state index is 14.0. The van der Waals surface area contributed by atoms with Gasteiger partial charge in [-0.2, -0.15) is 0 Å². The molecule has 0 fully saturated rings. The minimum Gasteiger partial charge on any atom is -0.485 e. The molecular weight excluding hydrogens is 321 g/mol. The van der Waals surface area contributed by atoms with Crippen LogP contribution in [0.25, 0.3) is 0 Å². The molecule has 0 bridgehead atoms. The van der Waals surface area contributed by atoms with Crippen LogP contribution in [0.3, 0.4) is 0 Å². The van der Waals surface area contributed by atoms with Crippen molar-refractivity contribution in [1.82, 2.24) is 0 Å². The number of rotatable bonds is 1. The fraction of sp³-hybridized carbons (Fsp3) is 0.250. The highest BCUT2D eigenvalue weighted by molar-refractivity contribution is 9.10. The Kier molecular flexibility index (Phi) is 3.52. The third-order valence-corrected chi connectivity index (χ3v) is 4.10. The minimum absolute atomic E-state index is 0.152. The first-order chi connectivity index (χ1) is 9.54. The van der Waals surface area contributed by atoms with Crippen LogP contribution < -0.4 is 10.5 Å². The topological polar surface area (TPSA) is 35.2 Å². The largest absolute Gasteiger partial charge is 0.485 e. The molecule has 0 amide bonds. The lowest BCUT2D eigenvalue weighted by Gasteiger charge is -2.31. The Morgan fingerprint density at radius 1 is 1.20 bits per heavy atom. The van der Waals surface area contributed by atoms with E-state index in [0.29, 0.717) is 12.0 Å². The molecule has 2 atom stereocenters. The summed E-state index contributed by atoms with van der Waals surface area (Å²) in [6.45, 7) is 1.94. The van der Waals surface area contributed by atoms with E-state index in [1.165, 1.54) is 6.07 Å². The molecule has 0 aliphatic carbocycles. The van der Waals surface area contributed by atoms with Gasteiger partial charge in [-0.3, -0.25) is 0 Å². The summed E-state index contributed by atoms with van der Waals surface area (Å²) in [5.41, 5.74) is 8.76. The van der Waals surface area contributed by atoms with Gasteiger partial charge < -0.3 is 10.5 Å². The molecule has 20 heavy (non-hydrogen) atoms. The second-order valence-electron chi connectivity index (χ2n) is 5.16. The van der Waals surface area contributed by atoms with Crippen LogP contribution in [0.4, 0.5) is 4.39 Å². The predicted octanol–water partition coefficient (Wildman–Crippen LogP) is 4.42. The summed E-state index contributed by atoms with van der Waals surface area (Å²) in [4.78, 5) is 0. The number of fused-ring (bicyclic) bond motifs is 1. The summed E-state index contributed by atoms with van der Waals surface area (Å²) < 4.78 is 20.9. The molecule has 1 aliphatic heterocycles. The molecule has 2 unspecified atom stereocenters. The highest BCUT2D eigenvalue weighted by Gasteiger charge is 2.28. The van der Waals surface area contributed by atoms with Crippen LogP contribution in [-0.2, 0) is 0 Å². The molecule has 0 aromatic heterocycles. The summed E-state index contributed by atoms with van der Waals surface area (Å²) in [6, 6.07) is 10.7. The van der Waals surface area contributed by atoms with E-state index in [2.05, 4.69) is 15.9 Å². The van der Waals surface area contributed by atoms with Gasteiger partial charge in [-0.05, 0) is 37.3 Å². The van der Waals surface area contributed by atoms with Crippen LogP contribution >= 0.6 is 15.9 Å².